The molecule has 0 saturated carbocycles. The average Bonchev–Trinajstić information content (AvgIpc) is 3.11. The third-order valence-corrected chi connectivity index (χ3v) is 5.30. The predicted molar refractivity (Wildman–Crippen MR) is 124 cm³/mol. The molecule has 0 radical (unpaired) electrons. The molecule has 1 saturated heterocycles. The summed E-state index contributed by atoms with van der Waals surface area (Å²) in [4.78, 5) is 37.6. The molecule has 3 aromatic rings. The second kappa shape index (κ2) is 10.1. The van der Waals surface area contributed by atoms with Crippen molar-refractivity contribution in [2.24, 2.45) is 0 Å². The molecule has 1 aliphatic rings. The number of hydrogen-bond donors (Lipinski definition) is 2. The van der Waals surface area contributed by atoms with Crippen LogP contribution in [0.25, 0.3) is 6.08 Å². The minimum atomic E-state index is -1.05. The Balaban J connectivity index is 1.58. The van der Waals surface area contributed by atoms with Crippen LogP contribution in [0, 0.1) is 5.82 Å². The lowest BCUT2D eigenvalue weighted by molar-refractivity contribution is -0.123. The van der Waals surface area contributed by atoms with Gasteiger partial charge in [0.05, 0.1) is 19.2 Å². The summed E-state index contributed by atoms with van der Waals surface area (Å²) in [5, 5.41) is 11.8. The van der Waals surface area contributed by atoms with E-state index in [4.69, 9.17) is 9.47 Å². The summed E-state index contributed by atoms with van der Waals surface area (Å²) in [5.41, 5.74) is 1.89. The van der Waals surface area contributed by atoms with Crippen molar-refractivity contribution in [3.05, 3.63) is 100 Å². The molecule has 8 nitrogen and oxygen atoms in total. The molecule has 1 fully saturated rings. The first-order valence-electron chi connectivity index (χ1n) is 10.6. The molecule has 1 aliphatic heterocycles. The van der Waals surface area contributed by atoms with Crippen molar-refractivity contribution in [2.45, 2.75) is 13.2 Å². The van der Waals surface area contributed by atoms with E-state index in [1.807, 2.05) is 0 Å². The van der Waals surface area contributed by atoms with E-state index < -0.39 is 23.7 Å². The van der Waals surface area contributed by atoms with Gasteiger partial charge >= 0.3 is 12.0 Å². The number of halogens is 1. The molecule has 0 aliphatic carbocycles. The van der Waals surface area contributed by atoms with Crippen molar-refractivity contribution in [2.75, 3.05) is 7.11 Å². The monoisotopic (exact) mass is 476 g/mol. The fourth-order valence-corrected chi connectivity index (χ4v) is 3.55. The Kier molecular flexibility index (Phi) is 6.77. The SMILES string of the molecule is COc1cccc(/C=C2/NC(=O)N(Cc3ccc(F)cc3)C2=O)c1OCc1cccc(C(=O)O)c1. The maximum absolute atomic E-state index is 13.2. The van der Waals surface area contributed by atoms with Gasteiger partial charge in [-0.2, -0.15) is 0 Å². The zero-order valence-corrected chi connectivity index (χ0v) is 18.7. The van der Waals surface area contributed by atoms with Gasteiger partial charge in [0, 0.05) is 5.56 Å². The molecule has 0 spiro atoms. The van der Waals surface area contributed by atoms with E-state index in [1.165, 1.54) is 49.6 Å². The van der Waals surface area contributed by atoms with Gasteiger partial charge in [-0.05, 0) is 47.5 Å². The molecule has 178 valence electrons. The number of rotatable bonds is 8. The number of amides is 3. The van der Waals surface area contributed by atoms with Crippen LogP contribution < -0.4 is 14.8 Å². The number of carboxylic acids is 1. The van der Waals surface area contributed by atoms with E-state index in [-0.39, 0.29) is 24.4 Å². The number of hydrogen-bond acceptors (Lipinski definition) is 5. The minimum absolute atomic E-state index is 0.0102. The van der Waals surface area contributed by atoms with Crippen LogP contribution in [-0.4, -0.2) is 35.0 Å². The van der Waals surface area contributed by atoms with Crippen LogP contribution in [0.15, 0.2) is 72.4 Å². The van der Waals surface area contributed by atoms with Gasteiger partial charge in [-0.25, -0.2) is 14.0 Å². The second-order valence-electron chi connectivity index (χ2n) is 7.68. The highest BCUT2D eigenvalue weighted by Crippen LogP contribution is 2.34. The van der Waals surface area contributed by atoms with Gasteiger partial charge in [0.2, 0.25) is 0 Å². The van der Waals surface area contributed by atoms with Crippen molar-refractivity contribution < 1.29 is 33.4 Å². The van der Waals surface area contributed by atoms with Crippen LogP contribution in [0.2, 0.25) is 0 Å². The summed E-state index contributed by atoms with van der Waals surface area (Å²) >= 11 is 0. The molecule has 1 heterocycles. The number of nitrogens with zero attached hydrogens (tertiary/aromatic N) is 1. The zero-order chi connectivity index (χ0) is 24.9. The summed E-state index contributed by atoms with van der Waals surface area (Å²) < 4.78 is 24.5. The lowest BCUT2D eigenvalue weighted by Gasteiger charge is -2.14. The number of imide groups is 1. The number of benzene rings is 3. The van der Waals surface area contributed by atoms with Gasteiger partial charge in [-0.3, -0.25) is 9.69 Å². The van der Waals surface area contributed by atoms with Crippen molar-refractivity contribution in [1.29, 1.82) is 0 Å². The molecule has 0 atom stereocenters. The summed E-state index contributed by atoms with van der Waals surface area (Å²) in [6.45, 7) is 0.0400. The molecular formula is C26H21FN2O6. The van der Waals surface area contributed by atoms with Crippen LogP contribution in [0.1, 0.15) is 27.0 Å². The number of carbonyl (C=O) groups excluding carboxylic acids is 2. The Bertz CT molecular complexity index is 1320. The topological polar surface area (TPSA) is 105 Å². The molecule has 0 bridgehead atoms. The third kappa shape index (κ3) is 5.30. The van der Waals surface area contributed by atoms with E-state index in [1.54, 1.807) is 30.3 Å². The largest absolute Gasteiger partial charge is 0.493 e. The number of carboxylic acid groups (broad SMARTS) is 1. The van der Waals surface area contributed by atoms with Gasteiger partial charge in [0.15, 0.2) is 11.5 Å². The summed E-state index contributed by atoms with van der Waals surface area (Å²) in [6.07, 6.45) is 1.48. The Morgan fingerprint density at radius 2 is 1.80 bits per heavy atom. The van der Waals surface area contributed by atoms with Gasteiger partial charge in [-0.15, -0.1) is 0 Å². The zero-order valence-electron chi connectivity index (χ0n) is 18.7. The maximum atomic E-state index is 13.2. The van der Waals surface area contributed by atoms with E-state index in [9.17, 15) is 23.9 Å². The van der Waals surface area contributed by atoms with Crippen molar-refractivity contribution >= 4 is 24.0 Å². The Morgan fingerprint density at radius 3 is 2.51 bits per heavy atom. The van der Waals surface area contributed by atoms with E-state index >= 15 is 0 Å². The molecule has 2 N–H and O–H groups in total. The lowest BCUT2D eigenvalue weighted by Crippen LogP contribution is -2.30. The summed E-state index contributed by atoms with van der Waals surface area (Å²) in [6, 6.07) is 16.4. The normalized spacial score (nSPS) is 14.2. The molecule has 3 amide bonds. The average molecular weight is 476 g/mol. The van der Waals surface area contributed by atoms with Crippen LogP contribution in [0.4, 0.5) is 9.18 Å². The van der Waals surface area contributed by atoms with Crippen LogP contribution in [-0.2, 0) is 17.9 Å². The molecule has 4 rings (SSSR count). The summed E-state index contributed by atoms with van der Waals surface area (Å²) in [7, 11) is 1.47. The van der Waals surface area contributed by atoms with E-state index in [0.717, 1.165) is 4.90 Å². The maximum Gasteiger partial charge on any atom is 0.335 e. The first-order chi connectivity index (χ1) is 16.9. The van der Waals surface area contributed by atoms with Crippen LogP contribution >= 0.6 is 0 Å². The molecule has 35 heavy (non-hydrogen) atoms. The smallest absolute Gasteiger partial charge is 0.335 e. The van der Waals surface area contributed by atoms with Crippen LogP contribution in [0.3, 0.4) is 0 Å². The highest BCUT2D eigenvalue weighted by Gasteiger charge is 2.33. The third-order valence-electron chi connectivity index (χ3n) is 5.30. The van der Waals surface area contributed by atoms with Crippen molar-refractivity contribution in [3.8, 4) is 11.5 Å². The lowest BCUT2D eigenvalue weighted by atomic mass is 10.1. The number of aromatic carboxylic acids is 1. The standard InChI is InChI=1S/C26H21FN2O6/c1-34-22-7-3-5-18(23(22)35-15-17-4-2-6-19(12-17)25(31)32)13-21-24(30)29(26(33)28-21)14-16-8-10-20(27)11-9-16/h2-13H,14-15H2,1H3,(H,28,33)(H,31,32)/b21-13+. The summed E-state index contributed by atoms with van der Waals surface area (Å²) in [5.74, 6) is -1.28. The molecule has 9 heteroatoms. The first kappa shape index (κ1) is 23.5. The van der Waals surface area contributed by atoms with Gasteiger partial charge in [0.1, 0.15) is 18.1 Å². The number of urea groups is 1. The number of methoxy groups -OCH3 is 1. The van der Waals surface area contributed by atoms with Gasteiger partial charge < -0.3 is 19.9 Å². The van der Waals surface area contributed by atoms with Gasteiger partial charge in [0.25, 0.3) is 5.91 Å². The number of carbonyl (C=O) groups is 3. The first-order valence-corrected chi connectivity index (χ1v) is 10.6. The fraction of sp³-hybridized carbons (Fsp3) is 0.115. The molecule has 3 aromatic carbocycles. The molecular weight excluding hydrogens is 455 g/mol. The fourth-order valence-electron chi connectivity index (χ4n) is 3.55. The van der Waals surface area contributed by atoms with E-state index in [2.05, 4.69) is 5.32 Å². The molecule has 0 aromatic heterocycles. The van der Waals surface area contributed by atoms with Gasteiger partial charge in [-0.1, -0.05) is 36.4 Å². The quantitative estimate of drug-likeness (QED) is 0.373. The Labute approximate surface area is 200 Å². The second-order valence-corrected chi connectivity index (χ2v) is 7.68. The number of nitrogens with one attached hydrogen (secondary N) is 1. The minimum Gasteiger partial charge on any atom is -0.493 e. The Morgan fingerprint density at radius 1 is 1.06 bits per heavy atom. The van der Waals surface area contributed by atoms with Crippen molar-refractivity contribution in [3.63, 3.8) is 0 Å². The number of ether oxygens (including phenoxy) is 2. The van der Waals surface area contributed by atoms with E-state index in [0.29, 0.717) is 28.2 Å². The number of para-hydroxylation sites is 1. The Hall–Kier alpha value is -4.66. The highest BCUT2D eigenvalue weighted by atomic mass is 19.1. The van der Waals surface area contributed by atoms with Crippen LogP contribution in [0.5, 0.6) is 11.5 Å². The highest BCUT2D eigenvalue weighted by molar-refractivity contribution is 6.14. The molecule has 0 unspecified atom stereocenters. The van der Waals surface area contributed by atoms with Crippen molar-refractivity contribution in [1.82, 2.24) is 10.2 Å². The predicted octanol–water partition coefficient (Wildman–Crippen LogP) is 4.20.